The van der Waals surface area contributed by atoms with Gasteiger partial charge >= 0.3 is 0 Å². The third-order valence-corrected chi connectivity index (χ3v) is 8.88. The molecule has 2 aromatic rings. The van der Waals surface area contributed by atoms with Crippen molar-refractivity contribution >= 4 is 15.9 Å². The average Bonchev–Trinajstić information content (AvgIpc) is 2.81. The van der Waals surface area contributed by atoms with Crippen LogP contribution in [0.3, 0.4) is 0 Å². The standard InChI is InChI=1S/C26H34N2O5S/c1-5-27(17-21-6-7-23-24(16-21)33-13-12-32-23)26(29)22-8-10-28(11-9-22)34(30,31)25-19(3)14-18(2)15-20(25)4/h6-7,14-16,22H,5,8-13,17H2,1-4H3. The Morgan fingerprint density at radius 1 is 1.00 bits per heavy atom. The molecule has 1 amide bonds. The third kappa shape index (κ3) is 4.93. The summed E-state index contributed by atoms with van der Waals surface area (Å²) in [6.07, 6.45) is 1.05. The predicted molar refractivity (Wildman–Crippen MR) is 131 cm³/mol. The summed E-state index contributed by atoms with van der Waals surface area (Å²) in [7, 11) is -3.59. The fraction of sp³-hybridized carbons (Fsp3) is 0.500. The molecule has 2 aliphatic heterocycles. The lowest BCUT2D eigenvalue weighted by Gasteiger charge is -2.34. The van der Waals surface area contributed by atoms with Crippen LogP contribution in [0.5, 0.6) is 11.5 Å². The Morgan fingerprint density at radius 3 is 2.24 bits per heavy atom. The van der Waals surface area contributed by atoms with Gasteiger partial charge in [0.25, 0.3) is 0 Å². The van der Waals surface area contributed by atoms with Crippen LogP contribution < -0.4 is 9.47 Å². The van der Waals surface area contributed by atoms with E-state index in [0.717, 1.165) is 28.0 Å². The molecule has 0 aliphatic carbocycles. The number of aryl methyl sites for hydroxylation is 3. The maximum atomic E-state index is 13.4. The number of piperidine rings is 1. The Labute approximate surface area is 202 Å². The zero-order valence-electron chi connectivity index (χ0n) is 20.5. The van der Waals surface area contributed by atoms with E-state index in [9.17, 15) is 13.2 Å². The van der Waals surface area contributed by atoms with E-state index in [1.165, 1.54) is 0 Å². The van der Waals surface area contributed by atoms with E-state index < -0.39 is 10.0 Å². The number of hydrogen-bond donors (Lipinski definition) is 0. The number of amides is 1. The SMILES string of the molecule is CCN(Cc1ccc2c(c1)OCCO2)C(=O)C1CCN(S(=O)(=O)c2c(C)cc(C)cc2C)CC1. The van der Waals surface area contributed by atoms with Crippen LogP contribution in [0.25, 0.3) is 0 Å². The van der Waals surface area contributed by atoms with Gasteiger partial charge in [-0.15, -0.1) is 0 Å². The van der Waals surface area contributed by atoms with E-state index >= 15 is 0 Å². The van der Waals surface area contributed by atoms with E-state index in [-0.39, 0.29) is 11.8 Å². The second kappa shape index (κ2) is 9.96. The van der Waals surface area contributed by atoms with Crippen molar-refractivity contribution in [2.24, 2.45) is 5.92 Å². The molecule has 0 unspecified atom stereocenters. The smallest absolute Gasteiger partial charge is 0.243 e. The summed E-state index contributed by atoms with van der Waals surface area (Å²) in [5.74, 6) is 1.35. The third-order valence-electron chi connectivity index (χ3n) is 6.68. The van der Waals surface area contributed by atoms with Gasteiger partial charge in [0.1, 0.15) is 13.2 Å². The largest absolute Gasteiger partial charge is 0.486 e. The molecule has 1 fully saturated rings. The zero-order valence-corrected chi connectivity index (χ0v) is 21.3. The van der Waals surface area contributed by atoms with Gasteiger partial charge in [-0.25, -0.2) is 8.42 Å². The molecule has 4 rings (SSSR count). The maximum Gasteiger partial charge on any atom is 0.243 e. The monoisotopic (exact) mass is 486 g/mol. The van der Waals surface area contributed by atoms with Crippen molar-refractivity contribution in [3.05, 3.63) is 52.6 Å². The summed E-state index contributed by atoms with van der Waals surface area (Å²) < 4.78 is 39.5. The highest BCUT2D eigenvalue weighted by molar-refractivity contribution is 7.89. The molecular formula is C26H34N2O5S. The summed E-state index contributed by atoms with van der Waals surface area (Å²) in [5, 5.41) is 0. The summed E-state index contributed by atoms with van der Waals surface area (Å²) >= 11 is 0. The number of carbonyl (C=O) groups is 1. The van der Waals surface area contributed by atoms with Crippen LogP contribution in [0.2, 0.25) is 0 Å². The van der Waals surface area contributed by atoms with Gasteiger partial charge in [-0.05, 0) is 69.4 Å². The van der Waals surface area contributed by atoms with Crippen LogP contribution in [-0.2, 0) is 21.4 Å². The molecule has 0 spiro atoms. The molecule has 0 atom stereocenters. The number of benzene rings is 2. The molecule has 0 bridgehead atoms. The van der Waals surface area contributed by atoms with Crippen molar-refractivity contribution < 1.29 is 22.7 Å². The number of nitrogens with zero attached hydrogens (tertiary/aromatic N) is 2. The summed E-state index contributed by atoms with van der Waals surface area (Å²) in [6.45, 7) is 10.5. The molecule has 8 heteroatoms. The van der Waals surface area contributed by atoms with E-state index in [1.54, 1.807) is 4.31 Å². The van der Waals surface area contributed by atoms with Crippen molar-refractivity contribution in [2.75, 3.05) is 32.8 Å². The number of fused-ring (bicyclic) bond motifs is 1. The van der Waals surface area contributed by atoms with Gasteiger partial charge in [-0.1, -0.05) is 23.8 Å². The van der Waals surface area contributed by atoms with E-state index in [1.807, 2.05) is 62.9 Å². The number of ether oxygens (including phenoxy) is 2. The Bertz CT molecular complexity index is 1150. The van der Waals surface area contributed by atoms with Crippen LogP contribution >= 0.6 is 0 Å². The molecule has 7 nitrogen and oxygen atoms in total. The van der Waals surface area contributed by atoms with Crippen molar-refractivity contribution in [3.63, 3.8) is 0 Å². The molecular weight excluding hydrogens is 452 g/mol. The first-order valence-corrected chi connectivity index (χ1v) is 13.4. The van der Waals surface area contributed by atoms with Crippen LogP contribution in [-0.4, -0.2) is 56.4 Å². The van der Waals surface area contributed by atoms with Crippen molar-refractivity contribution in [2.45, 2.75) is 52.0 Å². The first kappa shape index (κ1) is 24.5. The average molecular weight is 487 g/mol. The van der Waals surface area contributed by atoms with Crippen molar-refractivity contribution in [1.82, 2.24) is 9.21 Å². The highest BCUT2D eigenvalue weighted by Gasteiger charge is 2.35. The van der Waals surface area contributed by atoms with E-state index in [0.29, 0.717) is 62.9 Å². The van der Waals surface area contributed by atoms with Gasteiger partial charge < -0.3 is 14.4 Å². The Morgan fingerprint density at radius 2 is 1.62 bits per heavy atom. The fourth-order valence-electron chi connectivity index (χ4n) is 5.06. The molecule has 0 saturated carbocycles. The highest BCUT2D eigenvalue weighted by atomic mass is 32.2. The molecule has 1 saturated heterocycles. The molecule has 0 radical (unpaired) electrons. The normalized spacial score (nSPS) is 16.9. The fourth-order valence-corrected chi connectivity index (χ4v) is 6.94. The summed E-state index contributed by atoms with van der Waals surface area (Å²) in [5.41, 5.74) is 3.58. The molecule has 2 aliphatic rings. The van der Waals surface area contributed by atoms with E-state index in [2.05, 4.69) is 0 Å². The van der Waals surface area contributed by atoms with Crippen LogP contribution in [0.4, 0.5) is 0 Å². The predicted octanol–water partition coefficient (Wildman–Crippen LogP) is 3.83. The zero-order chi connectivity index (χ0) is 24.5. The molecule has 0 aromatic heterocycles. The van der Waals surface area contributed by atoms with Gasteiger partial charge in [0.15, 0.2) is 11.5 Å². The summed E-state index contributed by atoms with van der Waals surface area (Å²) in [4.78, 5) is 15.5. The Kier molecular flexibility index (Phi) is 7.19. The van der Waals surface area contributed by atoms with E-state index in [4.69, 9.17) is 9.47 Å². The highest BCUT2D eigenvalue weighted by Crippen LogP contribution is 2.32. The van der Waals surface area contributed by atoms with Gasteiger partial charge in [0.05, 0.1) is 4.90 Å². The lowest BCUT2D eigenvalue weighted by atomic mass is 9.96. The lowest BCUT2D eigenvalue weighted by molar-refractivity contribution is -0.137. The second-order valence-corrected chi connectivity index (χ2v) is 11.1. The van der Waals surface area contributed by atoms with Crippen LogP contribution in [0, 0.1) is 26.7 Å². The number of sulfonamides is 1. The van der Waals surface area contributed by atoms with Crippen molar-refractivity contribution in [1.29, 1.82) is 0 Å². The van der Waals surface area contributed by atoms with Gasteiger partial charge in [0, 0.05) is 32.1 Å². The Hall–Kier alpha value is -2.58. The molecule has 2 heterocycles. The molecule has 34 heavy (non-hydrogen) atoms. The molecule has 184 valence electrons. The number of hydrogen-bond acceptors (Lipinski definition) is 5. The number of rotatable bonds is 6. The van der Waals surface area contributed by atoms with Gasteiger partial charge in [-0.2, -0.15) is 4.31 Å². The lowest BCUT2D eigenvalue weighted by Crippen LogP contribution is -2.44. The van der Waals surface area contributed by atoms with Crippen LogP contribution in [0.15, 0.2) is 35.2 Å². The van der Waals surface area contributed by atoms with Gasteiger partial charge in [0.2, 0.25) is 15.9 Å². The molecule has 2 aromatic carbocycles. The summed E-state index contributed by atoms with van der Waals surface area (Å²) in [6, 6.07) is 9.61. The second-order valence-electron chi connectivity index (χ2n) is 9.24. The number of carbonyl (C=O) groups excluding carboxylic acids is 1. The van der Waals surface area contributed by atoms with Gasteiger partial charge in [-0.3, -0.25) is 4.79 Å². The van der Waals surface area contributed by atoms with Crippen molar-refractivity contribution in [3.8, 4) is 11.5 Å². The quantitative estimate of drug-likeness (QED) is 0.620. The first-order chi connectivity index (χ1) is 16.2. The topological polar surface area (TPSA) is 76.2 Å². The minimum atomic E-state index is -3.59. The minimum Gasteiger partial charge on any atom is -0.486 e. The first-order valence-electron chi connectivity index (χ1n) is 12.0. The minimum absolute atomic E-state index is 0.0807. The Balaban J connectivity index is 1.41. The molecule has 0 N–H and O–H groups in total. The van der Waals surface area contributed by atoms with Crippen LogP contribution in [0.1, 0.15) is 42.0 Å². The maximum absolute atomic E-state index is 13.4.